The second kappa shape index (κ2) is 6.16. The fourth-order valence-electron chi connectivity index (χ4n) is 2.09. The van der Waals surface area contributed by atoms with Gasteiger partial charge in [0, 0.05) is 17.5 Å². The van der Waals surface area contributed by atoms with Crippen molar-refractivity contribution in [3.63, 3.8) is 0 Å². The van der Waals surface area contributed by atoms with E-state index >= 15 is 0 Å². The summed E-state index contributed by atoms with van der Waals surface area (Å²) in [5.41, 5.74) is 4.34. The third kappa shape index (κ3) is 3.13. The average molecular weight is 275 g/mol. The fourth-order valence-corrected chi connectivity index (χ4v) is 2.27. The summed E-state index contributed by atoms with van der Waals surface area (Å²) in [5, 5.41) is 0.565. The fraction of sp³-hybridized carbons (Fsp3) is 0.375. The molecule has 0 amide bonds. The van der Waals surface area contributed by atoms with Gasteiger partial charge in [-0.05, 0) is 31.4 Å². The lowest BCUT2D eigenvalue weighted by molar-refractivity contribution is 0.833. The predicted molar refractivity (Wildman–Crippen MR) is 80.6 cm³/mol. The molecule has 0 aliphatic carbocycles. The van der Waals surface area contributed by atoms with Gasteiger partial charge in [0.05, 0.1) is 5.69 Å². The Hall–Kier alpha value is -1.41. The molecule has 0 saturated heterocycles. The molecule has 0 fully saturated rings. The normalized spacial score (nSPS) is 10.7. The summed E-state index contributed by atoms with van der Waals surface area (Å²) in [6.45, 7) is 6.25. The van der Waals surface area contributed by atoms with E-state index in [1.165, 1.54) is 5.56 Å². The van der Waals surface area contributed by atoms with Crippen molar-refractivity contribution >= 4 is 11.6 Å². The van der Waals surface area contributed by atoms with Crippen LogP contribution in [-0.2, 0) is 12.8 Å². The topological polar surface area (TPSA) is 25.8 Å². The van der Waals surface area contributed by atoms with Gasteiger partial charge in [-0.15, -0.1) is 0 Å². The summed E-state index contributed by atoms with van der Waals surface area (Å²) in [6, 6.07) is 8.47. The molecule has 0 saturated carbocycles. The van der Waals surface area contributed by atoms with Gasteiger partial charge in [0.25, 0.3) is 0 Å². The van der Waals surface area contributed by atoms with Crippen molar-refractivity contribution in [2.24, 2.45) is 0 Å². The Balaban J connectivity index is 2.53. The molecule has 19 heavy (non-hydrogen) atoms. The molecule has 0 N–H and O–H groups in total. The van der Waals surface area contributed by atoms with E-state index in [9.17, 15) is 0 Å². The molecule has 2 aromatic rings. The Morgan fingerprint density at radius 2 is 1.95 bits per heavy atom. The van der Waals surface area contributed by atoms with Crippen molar-refractivity contribution < 1.29 is 0 Å². The number of hydrogen-bond donors (Lipinski definition) is 0. The predicted octanol–water partition coefficient (Wildman–Crippen LogP) is 4.62. The number of aromatic nitrogens is 2. The number of halogens is 1. The summed E-state index contributed by atoms with van der Waals surface area (Å²) >= 11 is 6.23. The second-order valence-corrected chi connectivity index (χ2v) is 5.07. The molecular formula is C16H19ClN2. The molecule has 0 aliphatic rings. The van der Waals surface area contributed by atoms with Crippen LogP contribution >= 0.6 is 11.6 Å². The van der Waals surface area contributed by atoms with Gasteiger partial charge in [-0.2, -0.15) is 0 Å². The Bertz CT molecular complexity index is 579. The van der Waals surface area contributed by atoms with E-state index in [0.29, 0.717) is 5.15 Å². The minimum atomic E-state index is 0.565. The van der Waals surface area contributed by atoms with Crippen LogP contribution in [-0.4, -0.2) is 9.97 Å². The van der Waals surface area contributed by atoms with Crippen LogP contribution in [0.3, 0.4) is 0 Å². The van der Waals surface area contributed by atoms with Crippen molar-refractivity contribution in [2.45, 2.75) is 40.0 Å². The average Bonchev–Trinajstić information content (AvgIpc) is 2.43. The lowest BCUT2D eigenvalue weighted by Gasteiger charge is -2.10. The van der Waals surface area contributed by atoms with Gasteiger partial charge >= 0.3 is 0 Å². The molecule has 1 aromatic heterocycles. The maximum absolute atomic E-state index is 6.23. The number of benzene rings is 1. The Morgan fingerprint density at radius 1 is 1.16 bits per heavy atom. The maximum atomic E-state index is 6.23. The maximum Gasteiger partial charge on any atom is 0.136 e. The molecule has 0 spiro atoms. The highest BCUT2D eigenvalue weighted by atomic mass is 35.5. The molecule has 0 radical (unpaired) electrons. The molecule has 0 bridgehead atoms. The van der Waals surface area contributed by atoms with Crippen molar-refractivity contribution in [1.82, 2.24) is 9.97 Å². The lowest BCUT2D eigenvalue weighted by Crippen LogP contribution is -2.00. The van der Waals surface area contributed by atoms with Crippen molar-refractivity contribution in [1.29, 1.82) is 0 Å². The van der Waals surface area contributed by atoms with Crippen LogP contribution in [0.1, 0.15) is 37.2 Å². The van der Waals surface area contributed by atoms with Crippen LogP contribution in [0.15, 0.2) is 24.3 Å². The van der Waals surface area contributed by atoms with Crippen molar-refractivity contribution in [2.75, 3.05) is 0 Å². The van der Waals surface area contributed by atoms with E-state index in [1.54, 1.807) is 0 Å². The third-order valence-corrected chi connectivity index (χ3v) is 3.58. The largest absolute Gasteiger partial charge is 0.233 e. The molecule has 1 aromatic carbocycles. The van der Waals surface area contributed by atoms with Crippen LogP contribution in [0.4, 0.5) is 0 Å². The van der Waals surface area contributed by atoms with Gasteiger partial charge < -0.3 is 0 Å². The SMILES string of the molecule is CCCc1nc(Cl)c(C)c(-c2cccc(CC)c2)n1. The Kier molecular flexibility index (Phi) is 4.54. The summed E-state index contributed by atoms with van der Waals surface area (Å²) < 4.78 is 0. The standard InChI is InChI=1S/C16H19ClN2/c1-4-7-14-18-15(11(3)16(17)19-14)13-9-6-8-12(5-2)10-13/h6,8-10H,4-5,7H2,1-3H3. The first kappa shape index (κ1) is 14.0. The van der Waals surface area contributed by atoms with E-state index in [-0.39, 0.29) is 0 Å². The minimum absolute atomic E-state index is 0.565. The smallest absolute Gasteiger partial charge is 0.136 e. The van der Waals surface area contributed by atoms with E-state index in [1.807, 2.05) is 6.92 Å². The molecule has 0 unspecified atom stereocenters. The third-order valence-electron chi connectivity index (χ3n) is 3.21. The van der Waals surface area contributed by atoms with Crippen molar-refractivity contribution in [3.8, 4) is 11.3 Å². The monoisotopic (exact) mass is 274 g/mol. The van der Waals surface area contributed by atoms with Crippen LogP contribution in [0.5, 0.6) is 0 Å². The van der Waals surface area contributed by atoms with Crippen LogP contribution in [0, 0.1) is 6.92 Å². The van der Waals surface area contributed by atoms with Gasteiger partial charge in [0.2, 0.25) is 0 Å². The molecule has 0 atom stereocenters. The molecule has 100 valence electrons. The van der Waals surface area contributed by atoms with Crippen LogP contribution in [0.2, 0.25) is 5.15 Å². The van der Waals surface area contributed by atoms with Gasteiger partial charge in [-0.1, -0.05) is 43.6 Å². The molecule has 3 heteroatoms. The summed E-state index contributed by atoms with van der Waals surface area (Å²) in [7, 11) is 0. The highest BCUT2D eigenvalue weighted by Gasteiger charge is 2.11. The summed E-state index contributed by atoms with van der Waals surface area (Å²) in [5.74, 6) is 0.829. The second-order valence-electron chi connectivity index (χ2n) is 4.71. The summed E-state index contributed by atoms with van der Waals surface area (Å²) in [6.07, 6.45) is 2.90. The molecule has 0 aliphatic heterocycles. The van der Waals surface area contributed by atoms with E-state index in [2.05, 4.69) is 48.1 Å². The molecule has 1 heterocycles. The number of rotatable bonds is 4. The Morgan fingerprint density at radius 3 is 2.63 bits per heavy atom. The van der Waals surface area contributed by atoms with Crippen molar-refractivity contribution in [3.05, 3.63) is 46.4 Å². The number of nitrogens with zero attached hydrogens (tertiary/aromatic N) is 2. The molecular weight excluding hydrogens is 256 g/mol. The zero-order valence-electron chi connectivity index (χ0n) is 11.7. The number of hydrogen-bond acceptors (Lipinski definition) is 2. The Labute approximate surface area is 119 Å². The first-order valence-corrected chi connectivity index (χ1v) is 7.15. The van der Waals surface area contributed by atoms with E-state index in [4.69, 9.17) is 11.6 Å². The van der Waals surface area contributed by atoms with Gasteiger partial charge in [0.1, 0.15) is 11.0 Å². The molecule has 2 nitrogen and oxygen atoms in total. The highest BCUT2D eigenvalue weighted by Crippen LogP contribution is 2.26. The van der Waals surface area contributed by atoms with E-state index < -0.39 is 0 Å². The number of aryl methyl sites for hydroxylation is 2. The van der Waals surface area contributed by atoms with Crippen LogP contribution in [0.25, 0.3) is 11.3 Å². The quantitative estimate of drug-likeness (QED) is 0.760. The van der Waals surface area contributed by atoms with Gasteiger partial charge in [-0.25, -0.2) is 9.97 Å². The first-order valence-electron chi connectivity index (χ1n) is 6.78. The zero-order valence-corrected chi connectivity index (χ0v) is 12.5. The lowest BCUT2D eigenvalue weighted by atomic mass is 10.0. The minimum Gasteiger partial charge on any atom is -0.233 e. The van der Waals surface area contributed by atoms with Crippen LogP contribution < -0.4 is 0 Å². The zero-order chi connectivity index (χ0) is 13.8. The first-order chi connectivity index (χ1) is 9.15. The van der Waals surface area contributed by atoms with Gasteiger partial charge in [-0.3, -0.25) is 0 Å². The van der Waals surface area contributed by atoms with E-state index in [0.717, 1.165) is 41.9 Å². The molecule has 2 rings (SSSR count). The van der Waals surface area contributed by atoms with Gasteiger partial charge in [0.15, 0.2) is 0 Å². The highest BCUT2D eigenvalue weighted by molar-refractivity contribution is 6.30. The summed E-state index contributed by atoms with van der Waals surface area (Å²) in [4.78, 5) is 9.02.